The van der Waals surface area contributed by atoms with Gasteiger partial charge in [-0.2, -0.15) is 0 Å². The highest BCUT2D eigenvalue weighted by Crippen LogP contribution is 2.44. The highest BCUT2D eigenvalue weighted by molar-refractivity contribution is 7.15. The van der Waals surface area contributed by atoms with Gasteiger partial charge in [0.2, 0.25) is 11.8 Å². The predicted molar refractivity (Wildman–Crippen MR) is 353 cm³/mol. The highest BCUT2D eigenvalue weighted by atomic mass is 35.5. The van der Waals surface area contributed by atoms with Crippen LogP contribution in [0.15, 0.2) is 94.7 Å². The number of hydrogen-bond donors (Lipinski definition) is 4. The number of carboxylic acid groups (broad SMARTS) is 1. The third-order valence-corrected chi connectivity index (χ3v) is 22.5. The van der Waals surface area contributed by atoms with Gasteiger partial charge in [-0.15, -0.1) is 33.1 Å². The van der Waals surface area contributed by atoms with Crippen LogP contribution in [0.25, 0.3) is 10.6 Å². The zero-order chi connectivity index (χ0) is 62.6. The zero-order valence-corrected chi connectivity index (χ0v) is 55.0. The van der Waals surface area contributed by atoms with Gasteiger partial charge in [0.05, 0.1) is 57.3 Å². The van der Waals surface area contributed by atoms with Crippen molar-refractivity contribution in [1.82, 2.24) is 30.7 Å². The third kappa shape index (κ3) is 15.4. The Morgan fingerprint density at radius 2 is 1.46 bits per heavy atom. The van der Waals surface area contributed by atoms with Crippen LogP contribution in [0.4, 0.5) is 5.69 Å². The number of aryl methyl sites for hydroxylation is 2. The number of alkyl halides is 1. The number of nitrogens with one attached hydrogen (secondary N) is 3. The number of aromatic carboxylic acids is 1. The smallest absolute Gasteiger partial charge is 0.336 e. The van der Waals surface area contributed by atoms with Crippen LogP contribution in [0.2, 0.25) is 18.1 Å². The number of ether oxygens (including phenoxy) is 4. The van der Waals surface area contributed by atoms with E-state index in [-0.39, 0.29) is 42.2 Å². The zero-order valence-electron chi connectivity index (χ0n) is 51.7. The lowest BCUT2D eigenvalue weighted by atomic mass is 9.86. The second-order valence-corrected chi connectivity index (χ2v) is 30.1. The Hall–Kier alpha value is -6.62. The minimum Gasteiger partial charge on any atom is -0.478 e. The minimum atomic E-state index is -2.43. The van der Waals surface area contributed by atoms with Crippen LogP contribution >= 0.6 is 34.5 Å². The summed E-state index contributed by atoms with van der Waals surface area (Å²) >= 11 is 13.7. The lowest BCUT2D eigenvalue weighted by molar-refractivity contribution is -0.596. The molecule has 3 aromatic carbocycles. The largest absolute Gasteiger partial charge is 0.478 e. The second kappa shape index (κ2) is 30.5. The number of unbranched alkanes of at least 4 members (excludes halogenated alkanes) is 4. The molecule has 2 aromatic heterocycles. The molecule has 5 aromatic rings. The molecule has 18 nitrogen and oxygen atoms in total. The number of aliphatic imine (C=N–C) groups is 1. The van der Waals surface area contributed by atoms with Gasteiger partial charge < -0.3 is 44.9 Å². The SMILES string of the molecule is Cc1sc2c(c1C)C(c1ccc(Cl)cc1)=N[C@@H](CC(=O)NCCCCOCCOCCNC(=O)C1C[N+](=C3C=CC4=C(c5cc(C(=O)NCCOCCOCCCCCCCl)ccc5C(=O)O)c5ccc(N6CCC6)cc5[Si](C)(C)C4=C3)C1)c1nnc(C)n1-2. The van der Waals surface area contributed by atoms with Crippen molar-refractivity contribution >= 4 is 94.2 Å². The molecule has 4 N–H and O–H groups in total. The molecule has 0 saturated carbocycles. The number of anilines is 1. The third-order valence-electron chi connectivity index (χ3n) is 17.3. The summed E-state index contributed by atoms with van der Waals surface area (Å²) in [4.78, 5) is 62.3. The first-order chi connectivity index (χ1) is 43.1. The molecule has 2 fully saturated rings. The van der Waals surface area contributed by atoms with Gasteiger partial charge >= 0.3 is 5.97 Å². The molecule has 4 aliphatic heterocycles. The summed E-state index contributed by atoms with van der Waals surface area (Å²) in [5, 5.41) is 32.7. The molecule has 2 saturated heterocycles. The van der Waals surface area contributed by atoms with Gasteiger partial charge in [-0.1, -0.05) is 55.7 Å². The number of fused-ring (bicyclic) bond motifs is 5. The van der Waals surface area contributed by atoms with Crippen LogP contribution in [0.3, 0.4) is 0 Å². The van der Waals surface area contributed by atoms with E-state index in [4.69, 9.17) is 47.1 Å². The Balaban J connectivity index is 0.676. The molecule has 89 heavy (non-hydrogen) atoms. The van der Waals surface area contributed by atoms with Crippen LogP contribution in [-0.2, 0) is 28.5 Å². The lowest BCUT2D eigenvalue weighted by Crippen LogP contribution is -2.52. The molecule has 0 radical (unpaired) electrons. The Morgan fingerprint density at radius 1 is 0.764 bits per heavy atom. The fourth-order valence-electron chi connectivity index (χ4n) is 12.0. The van der Waals surface area contributed by atoms with E-state index in [1.807, 2.05) is 35.8 Å². The summed E-state index contributed by atoms with van der Waals surface area (Å²) in [5.74, 6) is 0.360. The molecule has 6 heterocycles. The fraction of sp³-hybridized carbons (Fsp3) is 0.463. The number of hydrogen-bond acceptors (Lipinski definition) is 13. The maximum Gasteiger partial charge on any atom is 0.336 e. The van der Waals surface area contributed by atoms with Gasteiger partial charge in [0.25, 0.3) is 5.91 Å². The summed E-state index contributed by atoms with van der Waals surface area (Å²) < 4.78 is 27.3. The van der Waals surface area contributed by atoms with Crippen LogP contribution < -0.4 is 26.0 Å². The van der Waals surface area contributed by atoms with E-state index < -0.39 is 20.1 Å². The standard InChI is InChI=1S/C67H81Cl2N9O9SSi/c1-43-44(2)88-66-60(43)62(46-13-16-49(69)17-14-46)73-56(63-75-74-45(3)78(63)66)40-59(79)70-24-9-11-30-85-34-36-87-32-26-72-65(81)48-41-77(42-48)51-19-22-54-58(39-51)89(4,5)57-38-50(76-27-12-28-76)18-21-53(57)61(54)55-37-47(15-20-52(55)67(82)83)64(80)71-25-31-86-35-33-84-29-10-7-6-8-23-68/h13-22,37-39,48,56H,6-12,23-36,40-42H2,1-5H3,(H3-,70,71,72,79,80,81,82,83)/p+1/t56-/m0/s1. The highest BCUT2D eigenvalue weighted by Gasteiger charge is 2.44. The molecule has 3 amide bonds. The minimum absolute atomic E-state index is 0.0168. The van der Waals surface area contributed by atoms with Crippen LogP contribution in [0, 0.1) is 26.7 Å². The van der Waals surface area contributed by atoms with Crippen LogP contribution in [0.1, 0.15) is 122 Å². The maximum absolute atomic E-state index is 13.7. The maximum atomic E-state index is 13.7. The lowest BCUT2D eigenvalue weighted by Gasteiger charge is -2.40. The van der Waals surface area contributed by atoms with Gasteiger partial charge in [0.1, 0.15) is 24.9 Å². The Bertz CT molecular complexity index is 3580. The number of allylic oxidation sites excluding steroid dienone is 5. The van der Waals surface area contributed by atoms with Crippen molar-refractivity contribution < 1.29 is 47.8 Å². The van der Waals surface area contributed by atoms with Gasteiger partial charge in [-0.3, -0.25) is 23.9 Å². The number of carboxylic acids is 1. The number of amides is 3. The summed E-state index contributed by atoms with van der Waals surface area (Å²) in [7, 11) is -2.43. The van der Waals surface area contributed by atoms with Crippen LogP contribution in [0.5, 0.6) is 0 Å². The van der Waals surface area contributed by atoms with E-state index in [1.54, 1.807) is 23.5 Å². The van der Waals surface area contributed by atoms with Gasteiger partial charge in [-0.05, 0) is 140 Å². The van der Waals surface area contributed by atoms with Gasteiger partial charge in [-0.25, -0.2) is 9.37 Å². The average molecular weight is 1290 g/mol. The van der Waals surface area contributed by atoms with Crippen molar-refractivity contribution in [2.75, 3.05) is 109 Å². The molecule has 1 atom stereocenters. The molecule has 472 valence electrons. The van der Waals surface area contributed by atoms with Gasteiger partial charge in [0, 0.05) is 96.2 Å². The molecule has 5 aliphatic rings. The fourth-order valence-corrected chi connectivity index (χ4v) is 16.6. The van der Waals surface area contributed by atoms with Crippen molar-refractivity contribution in [3.05, 3.63) is 150 Å². The number of carbonyl (C=O) groups excluding carboxylic acids is 3. The molecule has 1 aliphatic carbocycles. The van der Waals surface area contributed by atoms with Crippen molar-refractivity contribution in [1.29, 1.82) is 0 Å². The summed E-state index contributed by atoms with van der Waals surface area (Å²) in [6, 6.07) is 18.5. The van der Waals surface area contributed by atoms with E-state index in [9.17, 15) is 24.3 Å². The van der Waals surface area contributed by atoms with Crippen LogP contribution in [-0.4, -0.2) is 172 Å². The second-order valence-electron chi connectivity index (χ2n) is 23.7. The normalized spacial score (nSPS) is 17.1. The van der Waals surface area contributed by atoms with E-state index in [0.717, 1.165) is 119 Å². The van der Waals surface area contributed by atoms with Crippen molar-refractivity contribution in [2.45, 2.75) is 91.3 Å². The first-order valence-corrected chi connectivity index (χ1v) is 36.0. The van der Waals surface area contributed by atoms with E-state index in [0.29, 0.717) is 107 Å². The Morgan fingerprint density at radius 3 is 2.16 bits per heavy atom. The Labute approximate surface area is 536 Å². The van der Waals surface area contributed by atoms with E-state index in [2.05, 4.69) is 99.0 Å². The molecule has 22 heteroatoms. The molecule has 0 unspecified atom stereocenters. The van der Waals surface area contributed by atoms with Crippen molar-refractivity contribution in [3.63, 3.8) is 0 Å². The number of thiophene rings is 1. The number of aromatic nitrogens is 3. The van der Waals surface area contributed by atoms with Crippen molar-refractivity contribution in [2.24, 2.45) is 10.9 Å². The summed E-state index contributed by atoms with van der Waals surface area (Å²) in [6.45, 7) is 18.7. The van der Waals surface area contributed by atoms with E-state index >= 15 is 0 Å². The monoisotopic (exact) mass is 1290 g/mol. The van der Waals surface area contributed by atoms with E-state index in [1.165, 1.54) is 21.3 Å². The summed E-state index contributed by atoms with van der Waals surface area (Å²) in [5.41, 5.74) is 9.75. The number of carbonyl (C=O) groups is 4. The number of rotatable bonds is 31. The van der Waals surface area contributed by atoms with Gasteiger partial charge in [0.15, 0.2) is 30.5 Å². The predicted octanol–water partition coefficient (Wildman–Crippen LogP) is 9.26. The Kier molecular flexibility index (Phi) is 22.4. The van der Waals surface area contributed by atoms with Crippen molar-refractivity contribution in [3.8, 4) is 5.00 Å². The number of nitrogens with zero attached hydrogens (tertiary/aromatic N) is 6. The average Bonchev–Trinajstić information content (AvgIpc) is 1.30. The number of benzene rings is 3. The number of halogens is 2. The quantitative estimate of drug-likeness (QED) is 0.0142. The molecule has 0 bridgehead atoms. The molecular weight excluding hydrogens is 1210 g/mol. The molecule has 10 rings (SSSR count). The first kappa shape index (κ1) is 65.3. The molecule has 0 spiro atoms. The topological polar surface area (TPSA) is 211 Å². The summed E-state index contributed by atoms with van der Waals surface area (Å²) in [6.07, 6.45) is 13.4. The molecular formula is C67H82Cl2N9O9SSi+. The first-order valence-electron chi connectivity index (χ1n) is 31.2.